The minimum atomic E-state index is -3.71. The molecule has 0 saturated carbocycles. The Hall–Kier alpha value is -1.38. The molecule has 0 amide bonds. The number of furan rings is 1. The van der Waals surface area contributed by atoms with Crippen molar-refractivity contribution < 1.29 is 22.7 Å². The van der Waals surface area contributed by atoms with E-state index >= 15 is 0 Å². The largest absolute Gasteiger partial charge is 0.480 e. The summed E-state index contributed by atoms with van der Waals surface area (Å²) in [6.45, 7) is -0.211. The van der Waals surface area contributed by atoms with Gasteiger partial charge < -0.3 is 9.52 Å². The molecule has 1 atom stereocenters. The molecule has 1 unspecified atom stereocenters. The van der Waals surface area contributed by atoms with Crippen LogP contribution in [-0.2, 0) is 21.5 Å². The molecule has 1 fully saturated rings. The Morgan fingerprint density at radius 3 is 3.00 bits per heavy atom. The molecule has 1 aromatic heterocycles. The molecule has 1 aromatic rings. The molecule has 1 aliphatic heterocycles. The number of hydrogen-bond acceptors (Lipinski definition) is 4. The van der Waals surface area contributed by atoms with Crippen molar-refractivity contribution in [2.45, 2.75) is 12.6 Å². The van der Waals surface area contributed by atoms with Gasteiger partial charge in [-0.1, -0.05) is 0 Å². The van der Waals surface area contributed by atoms with Crippen molar-refractivity contribution in [3.63, 3.8) is 0 Å². The Bertz CT molecular complexity index is 481. The van der Waals surface area contributed by atoms with Crippen LogP contribution in [0.5, 0.6) is 0 Å². The van der Waals surface area contributed by atoms with E-state index in [1.54, 1.807) is 12.1 Å². The average Bonchev–Trinajstić information content (AvgIpc) is 2.76. The highest BCUT2D eigenvalue weighted by molar-refractivity contribution is 7.87. The summed E-state index contributed by atoms with van der Waals surface area (Å²) in [5, 5.41) is 8.87. The summed E-state index contributed by atoms with van der Waals surface area (Å²) < 4.78 is 31.1. The van der Waals surface area contributed by atoms with E-state index in [1.165, 1.54) is 6.26 Å². The van der Waals surface area contributed by atoms with Gasteiger partial charge in [0.05, 0.1) is 12.8 Å². The normalized spacial score (nSPS) is 24.6. The van der Waals surface area contributed by atoms with Crippen molar-refractivity contribution in [2.75, 3.05) is 6.54 Å². The Balaban J connectivity index is 2.24. The van der Waals surface area contributed by atoms with Crippen LogP contribution in [0.25, 0.3) is 0 Å². The molecule has 7 nitrogen and oxygen atoms in total. The molecule has 88 valence electrons. The van der Waals surface area contributed by atoms with E-state index in [-0.39, 0.29) is 13.1 Å². The predicted molar refractivity (Wildman–Crippen MR) is 52.6 cm³/mol. The first-order valence-corrected chi connectivity index (χ1v) is 5.96. The average molecular weight is 246 g/mol. The zero-order chi connectivity index (χ0) is 11.8. The van der Waals surface area contributed by atoms with Gasteiger partial charge in [0, 0.05) is 6.54 Å². The second-order valence-corrected chi connectivity index (χ2v) is 5.04. The number of carboxylic acids is 1. The van der Waals surface area contributed by atoms with Gasteiger partial charge in [-0.25, -0.2) is 0 Å². The molecular formula is C8H10N2O5S. The fourth-order valence-electron chi connectivity index (χ4n) is 1.50. The van der Waals surface area contributed by atoms with Gasteiger partial charge in [0.2, 0.25) is 0 Å². The first kappa shape index (κ1) is 11.1. The van der Waals surface area contributed by atoms with E-state index in [4.69, 9.17) is 9.52 Å². The predicted octanol–water partition coefficient (Wildman–Crippen LogP) is -0.617. The lowest BCUT2D eigenvalue weighted by Crippen LogP contribution is -2.39. The fourth-order valence-corrected chi connectivity index (χ4v) is 2.83. The van der Waals surface area contributed by atoms with Crippen molar-refractivity contribution in [3.8, 4) is 0 Å². The van der Waals surface area contributed by atoms with Crippen molar-refractivity contribution >= 4 is 16.2 Å². The highest BCUT2D eigenvalue weighted by atomic mass is 32.2. The molecule has 0 aromatic carbocycles. The highest BCUT2D eigenvalue weighted by Crippen LogP contribution is 2.17. The maximum Gasteiger partial charge on any atom is 0.323 e. The molecule has 0 aliphatic carbocycles. The highest BCUT2D eigenvalue weighted by Gasteiger charge is 2.41. The Morgan fingerprint density at radius 2 is 2.44 bits per heavy atom. The second-order valence-electron chi connectivity index (χ2n) is 3.33. The summed E-state index contributed by atoms with van der Waals surface area (Å²) in [7, 11) is -3.71. The molecular weight excluding hydrogens is 236 g/mol. The molecule has 16 heavy (non-hydrogen) atoms. The monoisotopic (exact) mass is 246 g/mol. The van der Waals surface area contributed by atoms with E-state index in [0.29, 0.717) is 5.76 Å². The molecule has 0 radical (unpaired) electrons. The van der Waals surface area contributed by atoms with Crippen LogP contribution in [0.15, 0.2) is 22.8 Å². The summed E-state index contributed by atoms with van der Waals surface area (Å²) in [4.78, 5) is 10.9. The lowest BCUT2D eigenvalue weighted by Gasteiger charge is -2.16. The third-order valence-corrected chi connectivity index (χ3v) is 3.82. The van der Waals surface area contributed by atoms with Crippen molar-refractivity contribution in [3.05, 3.63) is 24.2 Å². The van der Waals surface area contributed by atoms with Crippen LogP contribution < -0.4 is 4.72 Å². The summed E-state index contributed by atoms with van der Waals surface area (Å²) in [5.74, 6) is -0.779. The number of carbonyl (C=O) groups is 1. The number of rotatable bonds is 3. The van der Waals surface area contributed by atoms with Gasteiger partial charge >= 0.3 is 5.97 Å². The first-order valence-electron chi connectivity index (χ1n) is 4.52. The number of nitrogens with one attached hydrogen (secondary N) is 1. The standard InChI is InChI=1S/C8H10N2O5S/c11-8(12)7-4-9-16(13,14)10(7)5-6-2-1-3-15-6/h1-3,7,9H,4-5H2,(H,11,12). The number of hydrogen-bond donors (Lipinski definition) is 2. The zero-order valence-corrected chi connectivity index (χ0v) is 8.98. The van der Waals surface area contributed by atoms with E-state index in [2.05, 4.69) is 4.72 Å². The molecule has 1 saturated heterocycles. The molecule has 2 N–H and O–H groups in total. The maximum atomic E-state index is 11.5. The van der Waals surface area contributed by atoms with Gasteiger partial charge in [0.1, 0.15) is 11.8 Å². The van der Waals surface area contributed by atoms with Crippen LogP contribution >= 0.6 is 0 Å². The topological polar surface area (TPSA) is 99.8 Å². The van der Waals surface area contributed by atoms with E-state index in [0.717, 1.165) is 4.31 Å². The third-order valence-electron chi connectivity index (χ3n) is 2.29. The van der Waals surface area contributed by atoms with Gasteiger partial charge in [-0.3, -0.25) is 4.79 Å². The van der Waals surface area contributed by atoms with E-state index in [9.17, 15) is 13.2 Å². The molecule has 1 aliphatic rings. The van der Waals surface area contributed by atoms with Crippen molar-refractivity contribution in [2.24, 2.45) is 0 Å². The number of nitrogens with zero attached hydrogens (tertiary/aromatic N) is 1. The van der Waals surface area contributed by atoms with Crippen LogP contribution in [0, 0.1) is 0 Å². The van der Waals surface area contributed by atoms with Gasteiger partial charge in [0.25, 0.3) is 10.2 Å². The molecule has 2 heterocycles. The molecule has 0 bridgehead atoms. The van der Waals surface area contributed by atoms with Crippen molar-refractivity contribution in [1.29, 1.82) is 0 Å². The molecule has 0 spiro atoms. The second kappa shape index (κ2) is 3.89. The third kappa shape index (κ3) is 1.94. The maximum absolute atomic E-state index is 11.5. The Kier molecular flexibility index (Phi) is 2.70. The summed E-state index contributed by atoms with van der Waals surface area (Å²) in [5.41, 5.74) is 0. The minimum Gasteiger partial charge on any atom is -0.480 e. The van der Waals surface area contributed by atoms with Crippen LogP contribution in [0.1, 0.15) is 5.76 Å². The van der Waals surface area contributed by atoms with Gasteiger partial charge in [-0.2, -0.15) is 17.4 Å². The van der Waals surface area contributed by atoms with Crippen molar-refractivity contribution in [1.82, 2.24) is 9.03 Å². The number of aliphatic carboxylic acids is 1. The smallest absolute Gasteiger partial charge is 0.323 e. The van der Waals surface area contributed by atoms with Gasteiger partial charge in [0.15, 0.2) is 0 Å². The fraction of sp³-hybridized carbons (Fsp3) is 0.375. The van der Waals surface area contributed by atoms with Crippen LogP contribution in [-0.4, -0.2) is 36.4 Å². The summed E-state index contributed by atoms with van der Waals surface area (Å²) in [6.07, 6.45) is 1.40. The zero-order valence-electron chi connectivity index (χ0n) is 8.16. The van der Waals surface area contributed by atoms with E-state index in [1.807, 2.05) is 0 Å². The minimum absolute atomic E-state index is 0.0840. The summed E-state index contributed by atoms with van der Waals surface area (Å²) in [6, 6.07) is 2.11. The quantitative estimate of drug-likeness (QED) is 0.740. The Morgan fingerprint density at radius 1 is 1.69 bits per heavy atom. The van der Waals surface area contributed by atoms with Crippen LogP contribution in [0.3, 0.4) is 0 Å². The molecule has 8 heteroatoms. The first-order chi connectivity index (χ1) is 7.50. The lowest BCUT2D eigenvalue weighted by atomic mass is 10.3. The van der Waals surface area contributed by atoms with Crippen LogP contribution in [0.2, 0.25) is 0 Å². The Labute approximate surface area is 91.8 Å². The van der Waals surface area contributed by atoms with Gasteiger partial charge in [-0.05, 0) is 12.1 Å². The lowest BCUT2D eigenvalue weighted by molar-refractivity contribution is -0.140. The van der Waals surface area contributed by atoms with E-state index < -0.39 is 22.2 Å². The van der Waals surface area contributed by atoms with Gasteiger partial charge in [-0.15, -0.1) is 0 Å². The molecule has 2 rings (SSSR count). The summed E-state index contributed by atoms with van der Waals surface area (Å²) >= 11 is 0. The SMILES string of the molecule is O=C(O)C1CNS(=O)(=O)N1Cc1ccco1. The van der Waals surface area contributed by atoms with Crippen LogP contribution in [0.4, 0.5) is 0 Å². The number of carboxylic acid groups (broad SMARTS) is 1.